The lowest BCUT2D eigenvalue weighted by Crippen LogP contribution is -2.57. The number of hydrogen-bond acceptors (Lipinski definition) is 5. The topological polar surface area (TPSA) is 98.2 Å². The third-order valence-corrected chi connectivity index (χ3v) is 10.7. The van der Waals surface area contributed by atoms with Gasteiger partial charge in [0.25, 0.3) is 0 Å². The van der Waals surface area contributed by atoms with E-state index in [0.717, 1.165) is 5.56 Å². The largest absolute Gasteiger partial charge is 0.481 e. The number of thioether (sulfide) groups is 1. The Bertz CT molecular complexity index is 991. The van der Waals surface area contributed by atoms with Crippen LogP contribution in [0.2, 0.25) is 0 Å². The van der Waals surface area contributed by atoms with Crippen molar-refractivity contribution in [2.24, 2.45) is 17.8 Å². The Morgan fingerprint density at radius 1 is 1.34 bits per heavy atom. The first-order chi connectivity index (χ1) is 16.7. The van der Waals surface area contributed by atoms with E-state index in [1.165, 1.54) is 11.8 Å². The molecule has 9 heteroatoms. The highest BCUT2D eigenvalue weighted by Gasteiger charge is 2.76. The van der Waals surface area contributed by atoms with E-state index in [1.54, 1.807) is 15.9 Å². The predicted molar refractivity (Wildman–Crippen MR) is 139 cm³/mol. The number of alkyl halides is 1. The summed E-state index contributed by atoms with van der Waals surface area (Å²) in [6.07, 6.45) is 2.72. The van der Waals surface area contributed by atoms with E-state index in [2.05, 4.69) is 22.5 Å². The number of nitrogens with zero attached hydrogens (tertiary/aromatic N) is 2. The van der Waals surface area contributed by atoms with Gasteiger partial charge in [-0.2, -0.15) is 0 Å². The minimum absolute atomic E-state index is 0.104. The summed E-state index contributed by atoms with van der Waals surface area (Å²) in [5.41, 5.74) is 0.957. The number of carbonyl (C=O) groups is 3. The van der Waals surface area contributed by atoms with Crippen molar-refractivity contribution in [3.8, 4) is 0 Å². The fraction of sp³-hybridized carbons (Fsp3) is 0.577. The number of aliphatic hydroxyl groups excluding tert-OH is 1. The first kappa shape index (κ1) is 26.2. The van der Waals surface area contributed by atoms with Gasteiger partial charge in [-0.3, -0.25) is 14.4 Å². The van der Waals surface area contributed by atoms with Crippen LogP contribution >= 0.6 is 27.7 Å². The molecule has 0 radical (unpaired) electrons. The van der Waals surface area contributed by atoms with Gasteiger partial charge >= 0.3 is 5.97 Å². The van der Waals surface area contributed by atoms with Crippen LogP contribution in [-0.2, 0) is 20.9 Å². The molecule has 2 amide bonds. The van der Waals surface area contributed by atoms with Crippen molar-refractivity contribution >= 4 is 45.5 Å². The zero-order chi connectivity index (χ0) is 25.5. The maximum absolute atomic E-state index is 14.3. The second kappa shape index (κ2) is 10.3. The summed E-state index contributed by atoms with van der Waals surface area (Å²) in [7, 11) is 0. The van der Waals surface area contributed by atoms with Gasteiger partial charge in [-0.15, -0.1) is 18.3 Å². The Kier molecular flexibility index (Phi) is 7.69. The fourth-order valence-corrected chi connectivity index (χ4v) is 9.79. The van der Waals surface area contributed by atoms with Gasteiger partial charge in [-0.1, -0.05) is 66.2 Å². The number of rotatable bonds is 10. The van der Waals surface area contributed by atoms with Crippen LogP contribution in [0.1, 0.15) is 32.3 Å². The average molecular weight is 566 g/mol. The van der Waals surface area contributed by atoms with E-state index < -0.39 is 34.6 Å². The Balaban J connectivity index is 1.79. The third kappa shape index (κ3) is 4.44. The van der Waals surface area contributed by atoms with Crippen LogP contribution in [0, 0.1) is 17.8 Å². The van der Waals surface area contributed by atoms with Crippen LogP contribution in [0.3, 0.4) is 0 Å². The minimum atomic E-state index is -1.00. The molecule has 0 aliphatic carbocycles. The highest BCUT2D eigenvalue weighted by atomic mass is 79.9. The highest BCUT2D eigenvalue weighted by Crippen LogP contribution is 2.68. The van der Waals surface area contributed by atoms with E-state index in [9.17, 15) is 24.6 Å². The number of carboxylic acids is 1. The third-order valence-electron chi connectivity index (χ3n) is 7.47. The van der Waals surface area contributed by atoms with Gasteiger partial charge in [0.15, 0.2) is 0 Å². The zero-order valence-electron chi connectivity index (χ0n) is 20.0. The summed E-state index contributed by atoms with van der Waals surface area (Å²) in [5, 5.41) is 20.1. The number of aliphatic carboxylic acids is 1. The summed E-state index contributed by atoms with van der Waals surface area (Å²) in [4.78, 5) is 43.8. The molecule has 3 aliphatic rings. The zero-order valence-corrected chi connectivity index (χ0v) is 22.5. The second-order valence-corrected chi connectivity index (χ2v) is 12.9. The standard InChI is InChI=1S/C26H33BrN2O5S/c1-4-10-28(13-16-8-6-5-7-9-16)24(32)22-26-12-18(27)21(35-26)19(25(33)34)20(26)23(31)29(22)17(14-30)11-15(2)3/h4-9,15,17-22,30H,1,10-14H2,2-3H3,(H,33,34)/t17-,18?,19-,20+,21-,22?,26?/m1/s1. The summed E-state index contributed by atoms with van der Waals surface area (Å²) in [5.74, 6) is -3.01. The molecular weight excluding hydrogens is 532 g/mol. The van der Waals surface area contributed by atoms with E-state index in [0.29, 0.717) is 25.9 Å². The van der Waals surface area contributed by atoms with Crippen LogP contribution in [0.25, 0.3) is 0 Å². The van der Waals surface area contributed by atoms with Crippen molar-refractivity contribution < 1.29 is 24.6 Å². The Hall–Kier alpha value is -1.84. The van der Waals surface area contributed by atoms with Gasteiger partial charge < -0.3 is 20.0 Å². The van der Waals surface area contributed by atoms with E-state index >= 15 is 0 Å². The molecular formula is C26H33BrN2O5S. The molecule has 7 nitrogen and oxygen atoms in total. The van der Waals surface area contributed by atoms with Crippen molar-refractivity contribution in [2.45, 2.75) is 60.1 Å². The molecule has 2 bridgehead atoms. The van der Waals surface area contributed by atoms with Gasteiger partial charge in [-0.25, -0.2) is 0 Å². The fourth-order valence-electron chi connectivity index (χ4n) is 6.21. The van der Waals surface area contributed by atoms with Crippen molar-refractivity contribution in [3.05, 3.63) is 48.6 Å². The van der Waals surface area contributed by atoms with Crippen molar-refractivity contribution in [1.29, 1.82) is 0 Å². The van der Waals surface area contributed by atoms with Crippen LogP contribution in [-0.4, -0.2) is 77.9 Å². The van der Waals surface area contributed by atoms with Crippen molar-refractivity contribution in [2.75, 3.05) is 13.2 Å². The maximum Gasteiger partial charge on any atom is 0.308 e. The molecule has 1 aromatic rings. The minimum Gasteiger partial charge on any atom is -0.481 e. The number of amides is 2. The van der Waals surface area contributed by atoms with Crippen LogP contribution in [0.4, 0.5) is 0 Å². The summed E-state index contributed by atoms with van der Waals surface area (Å²) >= 11 is 5.14. The lowest BCUT2D eigenvalue weighted by molar-refractivity contribution is -0.150. The predicted octanol–water partition coefficient (Wildman–Crippen LogP) is 3.16. The van der Waals surface area contributed by atoms with Crippen molar-refractivity contribution in [3.63, 3.8) is 0 Å². The highest BCUT2D eigenvalue weighted by molar-refractivity contribution is 9.09. The van der Waals surface area contributed by atoms with Gasteiger partial charge in [0, 0.05) is 23.2 Å². The van der Waals surface area contributed by atoms with E-state index in [1.807, 2.05) is 44.2 Å². The molecule has 4 rings (SSSR count). The quantitative estimate of drug-likeness (QED) is 0.334. The summed E-state index contributed by atoms with van der Waals surface area (Å²) in [6, 6.07) is 8.23. The summed E-state index contributed by atoms with van der Waals surface area (Å²) < 4.78 is -0.851. The van der Waals surface area contributed by atoms with Gasteiger partial charge in [-0.05, 0) is 24.3 Å². The number of aliphatic hydroxyl groups is 1. The first-order valence-corrected chi connectivity index (χ1v) is 13.9. The second-order valence-electron chi connectivity index (χ2n) is 10.2. The molecule has 3 fully saturated rings. The molecule has 7 atom stereocenters. The summed E-state index contributed by atoms with van der Waals surface area (Å²) in [6.45, 7) is 8.22. The molecule has 3 aliphatic heterocycles. The van der Waals surface area contributed by atoms with E-state index in [-0.39, 0.29) is 34.4 Å². The number of hydrogen-bond donors (Lipinski definition) is 2. The lowest BCUT2D eigenvalue weighted by atomic mass is 9.71. The van der Waals surface area contributed by atoms with Gasteiger partial charge in [0.1, 0.15) is 6.04 Å². The number of fused-ring (bicyclic) bond motifs is 1. The molecule has 1 aromatic carbocycles. The normalized spacial score (nSPS) is 32.1. The van der Waals surface area contributed by atoms with Gasteiger partial charge in [0.2, 0.25) is 11.8 Å². The first-order valence-electron chi connectivity index (χ1n) is 12.1. The van der Waals surface area contributed by atoms with E-state index in [4.69, 9.17) is 0 Å². The number of halogens is 1. The number of carboxylic acid groups (broad SMARTS) is 1. The lowest BCUT2D eigenvalue weighted by Gasteiger charge is -2.40. The number of benzene rings is 1. The van der Waals surface area contributed by atoms with Gasteiger partial charge in [0.05, 0.1) is 29.2 Å². The molecule has 0 saturated carbocycles. The Morgan fingerprint density at radius 3 is 2.60 bits per heavy atom. The molecule has 190 valence electrons. The molecule has 3 unspecified atom stereocenters. The Morgan fingerprint density at radius 2 is 2.03 bits per heavy atom. The smallest absolute Gasteiger partial charge is 0.308 e. The molecule has 0 aromatic heterocycles. The number of carbonyl (C=O) groups excluding carboxylic acids is 2. The maximum atomic E-state index is 14.3. The SMILES string of the molecule is C=CCN(Cc1ccccc1)C(=O)C1N([C@@H](CO)CC(C)C)C(=O)[C@@H]2[C@@H](C(=O)O)[C@@H]3SC12CC3Br. The molecule has 3 heterocycles. The monoisotopic (exact) mass is 564 g/mol. The number of likely N-dealkylation sites (tertiary alicyclic amines) is 1. The molecule has 1 spiro atoms. The average Bonchev–Trinajstić information content (AvgIpc) is 3.41. The van der Waals surface area contributed by atoms with Crippen molar-refractivity contribution in [1.82, 2.24) is 9.80 Å². The van der Waals surface area contributed by atoms with Crippen LogP contribution in [0.5, 0.6) is 0 Å². The van der Waals surface area contributed by atoms with Crippen LogP contribution < -0.4 is 0 Å². The molecule has 2 N–H and O–H groups in total. The Labute approximate surface area is 219 Å². The molecule has 3 saturated heterocycles. The molecule has 35 heavy (non-hydrogen) atoms. The van der Waals surface area contributed by atoms with Crippen LogP contribution in [0.15, 0.2) is 43.0 Å².